The first-order chi connectivity index (χ1) is 16.2. The van der Waals surface area contributed by atoms with Crippen molar-refractivity contribution in [2.45, 2.75) is 38.5 Å². The number of ether oxygens (including phenoxy) is 3. The molecule has 180 valence electrons. The van der Waals surface area contributed by atoms with Gasteiger partial charge in [-0.3, -0.25) is 14.6 Å². The molecule has 7 nitrogen and oxygen atoms in total. The number of methoxy groups -OCH3 is 2. The molecule has 1 aromatic carbocycles. The largest absolute Gasteiger partial charge is 0.497 e. The minimum atomic E-state index is 0.112. The van der Waals surface area contributed by atoms with E-state index in [1.165, 1.54) is 17.8 Å². The van der Waals surface area contributed by atoms with Crippen molar-refractivity contribution in [1.29, 1.82) is 0 Å². The molecule has 1 saturated heterocycles. The number of carbonyl (C=O) groups is 1. The van der Waals surface area contributed by atoms with Gasteiger partial charge in [-0.1, -0.05) is 19.3 Å². The highest BCUT2D eigenvalue weighted by Gasteiger charge is 2.29. The summed E-state index contributed by atoms with van der Waals surface area (Å²) in [6.07, 6.45) is 6.42. The van der Waals surface area contributed by atoms with Gasteiger partial charge in [0.15, 0.2) is 5.13 Å². The lowest BCUT2D eigenvalue weighted by molar-refractivity contribution is -0.123. The van der Waals surface area contributed by atoms with Crippen LogP contribution in [0.25, 0.3) is 11.3 Å². The predicted molar refractivity (Wildman–Crippen MR) is 131 cm³/mol. The fourth-order valence-electron chi connectivity index (χ4n) is 4.67. The van der Waals surface area contributed by atoms with Gasteiger partial charge in [0.2, 0.25) is 5.91 Å². The highest BCUT2D eigenvalue weighted by molar-refractivity contribution is 7.14. The van der Waals surface area contributed by atoms with Gasteiger partial charge in [0.25, 0.3) is 0 Å². The summed E-state index contributed by atoms with van der Waals surface area (Å²) in [5, 5.41) is 2.78. The molecule has 1 aliphatic heterocycles. The molecular formula is C25H35N3O4S. The average Bonchev–Trinajstić information content (AvgIpc) is 3.37. The Labute approximate surface area is 200 Å². The number of aromatic nitrogens is 1. The van der Waals surface area contributed by atoms with Crippen LogP contribution < -0.4 is 14.4 Å². The van der Waals surface area contributed by atoms with Crippen LogP contribution in [-0.2, 0) is 9.53 Å². The molecule has 1 aromatic heterocycles. The average molecular weight is 474 g/mol. The van der Waals surface area contributed by atoms with Crippen LogP contribution >= 0.6 is 11.3 Å². The summed E-state index contributed by atoms with van der Waals surface area (Å²) in [5.74, 6) is 1.84. The van der Waals surface area contributed by atoms with Crippen molar-refractivity contribution in [2.24, 2.45) is 5.92 Å². The number of rotatable bonds is 9. The number of hydrogen-bond acceptors (Lipinski definition) is 7. The second-order valence-corrected chi connectivity index (χ2v) is 9.55. The van der Waals surface area contributed by atoms with Crippen LogP contribution in [0.2, 0.25) is 0 Å². The zero-order valence-electron chi connectivity index (χ0n) is 19.8. The number of nitrogens with zero attached hydrogens (tertiary/aromatic N) is 3. The van der Waals surface area contributed by atoms with Gasteiger partial charge in [-0.25, -0.2) is 4.98 Å². The molecule has 8 heteroatoms. The lowest BCUT2D eigenvalue weighted by atomic mass is 9.88. The summed E-state index contributed by atoms with van der Waals surface area (Å²) in [4.78, 5) is 22.8. The first kappa shape index (κ1) is 24.0. The van der Waals surface area contributed by atoms with Gasteiger partial charge in [0.1, 0.15) is 11.5 Å². The van der Waals surface area contributed by atoms with E-state index in [1.54, 1.807) is 14.2 Å². The molecule has 2 fully saturated rings. The van der Waals surface area contributed by atoms with Gasteiger partial charge in [-0.05, 0) is 37.5 Å². The van der Waals surface area contributed by atoms with Crippen LogP contribution in [0.5, 0.6) is 11.5 Å². The van der Waals surface area contributed by atoms with E-state index in [-0.39, 0.29) is 11.8 Å². The van der Waals surface area contributed by atoms with Crippen LogP contribution in [-0.4, -0.2) is 69.4 Å². The molecule has 1 aliphatic carbocycles. The molecule has 0 atom stereocenters. The maximum absolute atomic E-state index is 13.6. The van der Waals surface area contributed by atoms with Crippen LogP contribution in [0.1, 0.15) is 38.5 Å². The Morgan fingerprint density at radius 3 is 2.70 bits per heavy atom. The van der Waals surface area contributed by atoms with Crippen LogP contribution in [0, 0.1) is 5.92 Å². The first-order valence-corrected chi connectivity index (χ1v) is 12.9. The number of thiazole rings is 1. The lowest BCUT2D eigenvalue weighted by Gasteiger charge is -2.30. The Morgan fingerprint density at radius 1 is 1.18 bits per heavy atom. The molecule has 2 aromatic rings. The number of hydrogen-bond donors (Lipinski definition) is 0. The fraction of sp³-hybridized carbons (Fsp3) is 0.600. The SMILES string of the molecule is COc1ccc(OC)c(-c2csc(N(CCCN3CCOCC3)C(=O)C3CCCCC3)n2)c1. The molecule has 0 unspecified atom stereocenters. The van der Waals surface area contributed by atoms with Gasteiger partial charge < -0.3 is 14.2 Å². The van der Waals surface area contributed by atoms with E-state index in [4.69, 9.17) is 19.2 Å². The van der Waals surface area contributed by atoms with Gasteiger partial charge >= 0.3 is 0 Å². The standard InChI is InChI=1S/C25H35N3O4S/c1-30-20-9-10-23(31-2)21(17-20)22-18-33-25(26-22)28(24(29)19-7-4-3-5-8-19)12-6-11-27-13-15-32-16-14-27/h9-10,17-19H,3-8,11-16H2,1-2H3. The van der Waals surface area contributed by atoms with E-state index in [0.29, 0.717) is 6.54 Å². The van der Waals surface area contributed by atoms with Crippen molar-refractivity contribution in [3.05, 3.63) is 23.6 Å². The molecule has 0 bridgehead atoms. The second kappa shape index (κ2) is 11.8. The first-order valence-electron chi connectivity index (χ1n) is 12.0. The maximum atomic E-state index is 13.6. The van der Waals surface area contributed by atoms with E-state index in [9.17, 15) is 4.79 Å². The normalized spacial score (nSPS) is 17.6. The van der Waals surface area contributed by atoms with Crippen molar-refractivity contribution in [3.63, 3.8) is 0 Å². The Morgan fingerprint density at radius 2 is 1.97 bits per heavy atom. The predicted octanol–water partition coefficient (Wildman–Crippen LogP) is 4.46. The van der Waals surface area contributed by atoms with Gasteiger partial charge in [0.05, 0.1) is 33.1 Å². The topological polar surface area (TPSA) is 64.1 Å². The van der Waals surface area contributed by atoms with E-state index in [0.717, 1.165) is 92.8 Å². The highest BCUT2D eigenvalue weighted by atomic mass is 32.1. The molecule has 2 aliphatic rings. The summed E-state index contributed by atoms with van der Waals surface area (Å²) in [6.45, 7) is 5.18. The molecule has 0 spiro atoms. The number of carbonyl (C=O) groups excluding carboxylic acids is 1. The quantitative estimate of drug-likeness (QED) is 0.536. The molecule has 2 heterocycles. The second-order valence-electron chi connectivity index (χ2n) is 8.71. The van der Waals surface area contributed by atoms with E-state index in [1.807, 2.05) is 28.5 Å². The zero-order valence-corrected chi connectivity index (χ0v) is 20.6. The molecule has 1 amide bonds. The molecule has 33 heavy (non-hydrogen) atoms. The van der Waals surface area contributed by atoms with Gasteiger partial charge in [-0.2, -0.15) is 0 Å². The summed E-state index contributed by atoms with van der Waals surface area (Å²) in [6, 6.07) is 5.70. The van der Waals surface area contributed by atoms with E-state index < -0.39 is 0 Å². The smallest absolute Gasteiger partial charge is 0.231 e. The van der Waals surface area contributed by atoms with Crippen LogP contribution in [0.3, 0.4) is 0 Å². The minimum Gasteiger partial charge on any atom is -0.497 e. The van der Waals surface area contributed by atoms with E-state index in [2.05, 4.69) is 4.90 Å². The summed E-state index contributed by atoms with van der Waals surface area (Å²) < 4.78 is 16.4. The number of amides is 1. The molecule has 4 rings (SSSR count). The Hall–Kier alpha value is -2.16. The molecule has 0 N–H and O–H groups in total. The Bertz CT molecular complexity index is 907. The Kier molecular flexibility index (Phi) is 8.58. The third-order valence-corrected chi connectivity index (χ3v) is 7.45. The molecule has 0 radical (unpaired) electrons. The molecule has 1 saturated carbocycles. The zero-order chi connectivity index (χ0) is 23.0. The third kappa shape index (κ3) is 6.05. The fourth-order valence-corrected chi connectivity index (χ4v) is 5.53. The van der Waals surface area contributed by atoms with Crippen molar-refractivity contribution >= 4 is 22.4 Å². The maximum Gasteiger partial charge on any atom is 0.231 e. The number of morpholine rings is 1. The third-order valence-electron chi connectivity index (χ3n) is 6.59. The van der Waals surface area contributed by atoms with Gasteiger partial charge in [-0.15, -0.1) is 11.3 Å². The Balaban J connectivity index is 1.53. The monoisotopic (exact) mass is 473 g/mol. The number of benzene rings is 1. The van der Waals surface area contributed by atoms with Gasteiger partial charge in [0, 0.05) is 43.0 Å². The van der Waals surface area contributed by atoms with Crippen LogP contribution in [0.15, 0.2) is 23.6 Å². The van der Waals surface area contributed by atoms with Crippen molar-refractivity contribution < 1.29 is 19.0 Å². The summed E-state index contributed by atoms with van der Waals surface area (Å²) in [7, 11) is 3.31. The number of anilines is 1. The highest BCUT2D eigenvalue weighted by Crippen LogP contribution is 2.37. The van der Waals surface area contributed by atoms with Crippen LogP contribution in [0.4, 0.5) is 5.13 Å². The van der Waals surface area contributed by atoms with Crippen molar-refractivity contribution in [2.75, 3.05) is 58.5 Å². The lowest BCUT2D eigenvalue weighted by Crippen LogP contribution is -2.41. The van der Waals surface area contributed by atoms with Crippen molar-refractivity contribution in [3.8, 4) is 22.8 Å². The minimum absolute atomic E-state index is 0.112. The summed E-state index contributed by atoms with van der Waals surface area (Å²) >= 11 is 1.53. The molecular weight excluding hydrogens is 438 g/mol. The van der Waals surface area contributed by atoms with Crippen molar-refractivity contribution in [1.82, 2.24) is 9.88 Å². The van der Waals surface area contributed by atoms with E-state index >= 15 is 0 Å². The summed E-state index contributed by atoms with van der Waals surface area (Å²) in [5.41, 5.74) is 1.68.